The number of carboxylic acid groups (broad SMARTS) is 1. The Morgan fingerprint density at radius 3 is 2.37 bits per heavy atom. The van der Waals surface area contributed by atoms with Crippen LogP contribution in [-0.4, -0.2) is 23.0 Å². The number of urea groups is 1. The van der Waals surface area contributed by atoms with Crippen LogP contribution in [0, 0.1) is 11.6 Å². The summed E-state index contributed by atoms with van der Waals surface area (Å²) >= 11 is 0. The van der Waals surface area contributed by atoms with Crippen LogP contribution in [0.4, 0.5) is 19.3 Å². The molecule has 0 aromatic heterocycles. The molecule has 0 spiro atoms. The van der Waals surface area contributed by atoms with Gasteiger partial charge in [-0.25, -0.2) is 18.4 Å². The van der Waals surface area contributed by atoms with Gasteiger partial charge in [-0.3, -0.25) is 10.1 Å². The van der Waals surface area contributed by atoms with Crippen molar-refractivity contribution in [1.82, 2.24) is 5.32 Å². The number of imide groups is 1. The standard InChI is InChI=1S/C11H8F2N2O4/c12-7-2-1-6(5-8(7)13)14-11(19)15-9(16)3-4-10(17)18/h1-5H,(H,17,18)(H2,14,15,16,19)/b4-3+. The van der Waals surface area contributed by atoms with Crippen LogP contribution in [-0.2, 0) is 9.59 Å². The molecule has 1 aromatic rings. The number of nitrogens with one attached hydrogen (secondary N) is 2. The summed E-state index contributed by atoms with van der Waals surface area (Å²) in [5.41, 5.74) is -0.0635. The van der Waals surface area contributed by atoms with Crippen LogP contribution in [0.3, 0.4) is 0 Å². The maximum atomic E-state index is 12.8. The van der Waals surface area contributed by atoms with Gasteiger partial charge in [0.15, 0.2) is 11.6 Å². The molecular formula is C11H8F2N2O4. The predicted octanol–water partition coefficient (Wildman–Crippen LogP) is 1.25. The molecule has 3 amide bonds. The summed E-state index contributed by atoms with van der Waals surface area (Å²) < 4.78 is 25.4. The van der Waals surface area contributed by atoms with Crippen molar-refractivity contribution in [3.05, 3.63) is 42.0 Å². The SMILES string of the molecule is O=C(O)/C=C/C(=O)NC(=O)Nc1ccc(F)c(F)c1. The van der Waals surface area contributed by atoms with Gasteiger partial charge < -0.3 is 10.4 Å². The zero-order chi connectivity index (χ0) is 14.4. The first kappa shape index (κ1) is 14.3. The average molecular weight is 270 g/mol. The van der Waals surface area contributed by atoms with E-state index in [0.717, 1.165) is 18.2 Å². The topological polar surface area (TPSA) is 95.5 Å². The summed E-state index contributed by atoms with van der Waals surface area (Å²) in [6.07, 6.45) is 1.17. The molecule has 0 fully saturated rings. The van der Waals surface area contributed by atoms with E-state index < -0.39 is 29.5 Å². The summed E-state index contributed by atoms with van der Waals surface area (Å²) in [5.74, 6) is -4.56. The number of benzene rings is 1. The van der Waals surface area contributed by atoms with Crippen molar-refractivity contribution in [2.75, 3.05) is 5.32 Å². The Labute approximate surface area is 105 Å². The Kier molecular flexibility index (Phi) is 4.69. The monoisotopic (exact) mass is 270 g/mol. The smallest absolute Gasteiger partial charge is 0.328 e. The number of hydrogen-bond acceptors (Lipinski definition) is 3. The van der Waals surface area contributed by atoms with Crippen molar-refractivity contribution < 1.29 is 28.3 Å². The van der Waals surface area contributed by atoms with E-state index in [1.54, 1.807) is 5.32 Å². The lowest BCUT2D eigenvalue weighted by Crippen LogP contribution is -2.33. The van der Waals surface area contributed by atoms with Crippen LogP contribution in [0.25, 0.3) is 0 Å². The second kappa shape index (κ2) is 6.24. The van der Waals surface area contributed by atoms with Crippen LogP contribution in [0.15, 0.2) is 30.4 Å². The minimum Gasteiger partial charge on any atom is -0.478 e. The average Bonchev–Trinajstić information content (AvgIpc) is 2.31. The molecule has 6 nitrogen and oxygen atoms in total. The van der Waals surface area contributed by atoms with Crippen molar-refractivity contribution >= 4 is 23.6 Å². The molecule has 0 radical (unpaired) electrons. The van der Waals surface area contributed by atoms with E-state index in [1.807, 2.05) is 0 Å². The summed E-state index contributed by atoms with van der Waals surface area (Å²) in [4.78, 5) is 32.3. The van der Waals surface area contributed by atoms with Crippen molar-refractivity contribution in [2.45, 2.75) is 0 Å². The van der Waals surface area contributed by atoms with E-state index in [1.165, 1.54) is 0 Å². The van der Waals surface area contributed by atoms with Gasteiger partial charge in [0.1, 0.15) is 0 Å². The molecule has 0 unspecified atom stereocenters. The van der Waals surface area contributed by atoms with E-state index in [0.29, 0.717) is 12.2 Å². The predicted molar refractivity (Wildman–Crippen MR) is 60.3 cm³/mol. The second-order valence-electron chi connectivity index (χ2n) is 3.24. The number of amides is 3. The highest BCUT2D eigenvalue weighted by Gasteiger charge is 2.08. The minimum absolute atomic E-state index is 0.0635. The van der Waals surface area contributed by atoms with Crippen molar-refractivity contribution in [3.63, 3.8) is 0 Å². The normalized spacial score (nSPS) is 10.2. The van der Waals surface area contributed by atoms with Crippen LogP contribution in [0.1, 0.15) is 0 Å². The van der Waals surface area contributed by atoms with Gasteiger partial charge >= 0.3 is 12.0 Å². The second-order valence-corrected chi connectivity index (χ2v) is 3.24. The molecule has 100 valence electrons. The lowest BCUT2D eigenvalue weighted by Gasteiger charge is -2.05. The molecule has 0 heterocycles. The maximum absolute atomic E-state index is 12.8. The Hall–Kier alpha value is -2.77. The molecule has 0 aliphatic carbocycles. The van der Waals surface area contributed by atoms with Crippen molar-refractivity contribution in [2.24, 2.45) is 0 Å². The number of rotatable bonds is 3. The van der Waals surface area contributed by atoms with Gasteiger partial charge in [-0.15, -0.1) is 0 Å². The molecule has 0 saturated heterocycles. The molecule has 1 rings (SSSR count). The summed E-state index contributed by atoms with van der Waals surface area (Å²) in [6.45, 7) is 0. The van der Waals surface area contributed by atoms with Crippen LogP contribution >= 0.6 is 0 Å². The molecular weight excluding hydrogens is 262 g/mol. The highest BCUT2D eigenvalue weighted by Crippen LogP contribution is 2.12. The van der Waals surface area contributed by atoms with Crippen LogP contribution in [0.5, 0.6) is 0 Å². The summed E-state index contributed by atoms with van der Waals surface area (Å²) in [6, 6.07) is 1.62. The highest BCUT2D eigenvalue weighted by atomic mass is 19.2. The molecule has 0 aliphatic rings. The van der Waals surface area contributed by atoms with Crippen LogP contribution < -0.4 is 10.6 Å². The third-order valence-electron chi connectivity index (χ3n) is 1.79. The largest absolute Gasteiger partial charge is 0.478 e. The zero-order valence-corrected chi connectivity index (χ0v) is 9.31. The molecule has 1 aromatic carbocycles. The van der Waals surface area contributed by atoms with Gasteiger partial charge in [-0.2, -0.15) is 0 Å². The van der Waals surface area contributed by atoms with Crippen molar-refractivity contribution in [3.8, 4) is 0 Å². The first-order valence-electron chi connectivity index (χ1n) is 4.86. The highest BCUT2D eigenvalue weighted by molar-refractivity contribution is 6.06. The molecule has 0 aliphatic heterocycles. The van der Waals surface area contributed by atoms with Gasteiger partial charge in [0.05, 0.1) is 0 Å². The minimum atomic E-state index is -1.35. The van der Waals surface area contributed by atoms with E-state index in [2.05, 4.69) is 5.32 Å². The number of halogens is 2. The quantitative estimate of drug-likeness (QED) is 0.720. The number of hydrogen-bond donors (Lipinski definition) is 3. The fourth-order valence-electron chi connectivity index (χ4n) is 1.04. The first-order chi connectivity index (χ1) is 8.88. The lowest BCUT2D eigenvalue weighted by molar-refractivity contribution is -0.131. The molecule has 0 saturated carbocycles. The van der Waals surface area contributed by atoms with Gasteiger partial charge in [0, 0.05) is 23.9 Å². The Morgan fingerprint density at radius 1 is 1.11 bits per heavy atom. The Balaban J connectivity index is 2.58. The van der Waals surface area contributed by atoms with E-state index in [-0.39, 0.29) is 5.69 Å². The number of carbonyl (C=O) groups excluding carboxylic acids is 2. The summed E-state index contributed by atoms with van der Waals surface area (Å²) in [5, 5.41) is 12.1. The zero-order valence-electron chi connectivity index (χ0n) is 9.31. The third-order valence-corrected chi connectivity index (χ3v) is 1.79. The maximum Gasteiger partial charge on any atom is 0.328 e. The van der Waals surface area contributed by atoms with Gasteiger partial charge in [-0.1, -0.05) is 0 Å². The van der Waals surface area contributed by atoms with Gasteiger partial charge in [0.25, 0.3) is 5.91 Å². The van der Waals surface area contributed by atoms with E-state index in [4.69, 9.17) is 5.11 Å². The fourth-order valence-corrected chi connectivity index (χ4v) is 1.04. The van der Waals surface area contributed by atoms with Crippen LogP contribution in [0.2, 0.25) is 0 Å². The molecule has 0 bridgehead atoms. The van der Waals surface area contributed by atoms with Gasteiger partial charge in [0.2, 0.25) is 0 Å². The Bertz CT molecular complexity index is 558. The summed E-state index contributed by atoms with van der Waals surface area (Å²) in [7, 11) is 0. The number of aliphatic carboxylic acids is 1. The number of carbonyl (C=O) groups is 3. The molecule has 3 N–H and O–H groups in total. The lowest BCUT2D eigenvalue weighted by atomic mass is 10.3. The van der Waals surface area contributed by atoms with Gasteiger partial charge in [-0.05, 0) is 12.1 Å². The Morgan fingerprint density at radius 2 is 1.79 bits per heavy atom. The van der Waals surface area contributed by atoms with Crippen molar-refractivity contribution in [1.29, 1.82) is 0 Å². The first-order valence-corrected chi connectivity index (χ1v) is 4.86. The fraction of sp³-hybridized carbons (Fsp3) is 0. The third kappa shape index (κ3) is 4.94. The van der Waals surface area contributed by atoms with E-state index >= 15 is 0 Å². The number of carboxylic acids is 1. The molecule has 19 heavy (non-hydrogen) atoms. The molecule has 8 heteroatoms. The molecule has 0 atom stereocenters. The van der Waals surface area contributed by atoms with E-state index in [9.17, 15) is 23.2 Å². The number of anilines is 1.